The summed E-state index contributed by atoms with van der Waals surface area (Å²) in [5.41, 5.74) is 1.85. The van der Waals surface area contributed by atoms with Crippen molar-refractivity contribution in [1.82, 2.24) is 10.6 Å². The molecule has 0 aromatic heterocycles. The average molecular weight is 345 g/mol. The average Bonchev–Trinajstić information content (AvgIpc) is 2.98. The molecule has 130 valence electrons. The molecule has 26 heavy (non-hydrogen) atoms. The number of hydrogen-bond donors (Lipinski definition) is 2. The highest BCUT2D eigenvalue weighted by atomic mass is 16.5. The lowest BCUT2D eigenvalue weighted by Crippen LogP contribution is -2.30. The van der Waals surface area contributed by atoms with Crippen molar-refractivity contribution >= 4 is 11.6 Å². The second-order valence-electron chi connectivity index (χ2n) is 5.41. The number of rotatable bonds is 5. The standard InChI is InChI=1S/C21H19N3O2/c1-5-12-22-20-19(21(25)23-13-6-2)15(3)18(24-20)11-10-16-8-7-9-17(14-16)26-4/h1-2,7-9,14-15,22H,12-13H2,3-4H3,(H,23,25). The fourth-order valence-corrected chi connectivity index (χ4v) is 2.39. The molecule has 1 aromatic rings. The first kappa shape index (κ1) is 18.7. The van der Waals surface area contributed by atoms with Crippen LogP contribution in [0.3, 0.4) is 0 Å². The van der Waals surface area contributed by atoms with E-state index in [9.17, 15) is 4.79 Å². The lowest BCUT2D eigenvalue weighted by atomic mass is 9.97. The Morgan fingerprint density at radius 1 is 1.27 bits per heavy atom. The highest BCUT2D eigenvalue weighted by Crippen LogP contribution is 2.24. The molecule has 5 heteroatoms. The van der Waals surface area contributed by atoms with Crippen LogP contribution >= 0.6 is 0 Å². The first-order chi connectivity index (χ1) is 12.6. The summed E-state index contributed by atoms with van der Waals surface area (Å²) in [6.45, 7) is 2.27. The summed E-state index contributed by atoms with van der Waals surface area (Å²) in [5, 5.41) is 5.63. The van der Waals surface area contributed by atoms with Gasteiger partial charge in [0, 0.05) is 11.5 Å². The third-order valence-corrected chi connectivity index (χ3v) is 3.69. The molecule has 0 bridgehead atoms. The Morgan fingerprint density at radius 2 is 2.04 bits per heavy atom. The molecule has 1 aliphatic rings. The molecule has 0 saturated carbocycles. The number of nitrogens with zero attached hydrogens (tertiary/aromatic N) is 1. The number of terminal acetylenes is 2. The molecule has 1 aliphatic heterocycles. The van der Waals surface area contributed by atoms with Crippen LogP contribution in [0.4, 0.5) is 0 Å². The third-order valence-electron chi connectivity index (χ3n) is 3.69. The number of ether oxygens (including phenoxy) is 1. The van der Waals surface area contributed by atoms with E-state index in [1.165, 1.54) is 0 Å². The van der Waals surface area contributed by atoms with Gasteiger partial charge in [0.15, 0.2) is 0 Å². The van der Waals surface area contributed by atoms with E-state index in [4.69, 9.17) is 17.6 Å². The number of carbonyl (C=O) groups excluding carboxylic acids is 1. The Labute approximate surface area is 153 Å². The minimum atomic E-state index is -0.281. The smallest absolute Gasteiger partial charge is 0.252 e. The molecule has 1 unspecified atom stereocenters. The van der Waals surface area contributed by atoms with Gasteiger partial charge in [0.1, 0.15) is 17.3 Å². The second-order valence-corrected chi connectivity index (χ2v) is 5.41. The van der Waals surface area contributed by atoms with Crippen LogP contribution < -0.4 is 15.4 Å². The minimum Gasteiger partial charge on any atom is -0.497 e. The van der Waals surface area contributed by atoms with Gasteiger partial charge in [-0.05, 0) is 24.1 Å². The van der Waals surface area contributed by atoms with Crippen LogP contribution in [0.15, 0.2) is 40.7 Å². The van der Waals surface area contributed by atoms with E-state index in [0.717, 1.165) is 11.3 Å². The van der Waals surface area contributed by atoms with Gasteiger partial charge in [-0.3, -0.25) is 4.79 Å². The summed E-state index contributed by atoms with van der Waals surface area (Å²) < 4.78 is 5.19. The molecule has 0 radical (unpaired) electrons. The zero-order valence-electron chi connectivity index (χ0n) is 14.7. The topological polar surface area (TPSA) is 62.7 Å². The summed E-state index contributed by atoms with van der Waals surface area (Å²) in [5.74, 6) is 11.5. The van der Waals surface area contributed by atoms with E-state index >= 15 is 0 Å². The van der Waals surface area contributed by atoms with Gasteiger partial charge in [0.05, 0.1) is 25.8 Å². The number of amides is 1. The van der Waals surface area contributed by atoms with Crippen molar-refractivity contribution in [2.45, 2.75) is 6.92 Å². The molecule has 1 atom stereocenters. The molecule has 1 heterocycles. The van der Waals surface area contributed by atoms with Crippen LogP contribution in [0.25, 0.3) is 0 Å². The minimum absolute atomic E-state index is 0.141. The number of hydrogen-bond acceptors (Lipinski definition) is 4. The third kappa shape index (κ3) is 4.47. The largest absolute Gasteiger partial charge is 0.497 e. The predicted octanol–water partition coefficient (Wildman–Crippen LogP) is 1.32. The quantitative estimate of drug-likeness (QED) is 0.792. The second kappa shape index (κ2) is 9.02. The SMILES string of the molecule is C#CCNC(=O)C1=C(NCC#C)N=C(C#Cc2cccc(OC)c2)C1C. The van der Waals surface area contributed by atoms with Crippen LogP contribution in [0.5, 0.6) is 5.75 Å². The van der Waals surface area contributed by atoms with Gasteiger partial charge in [-0.25, -0.2) is 4.99 Å². The van der Waals surface area contributed by atoms with Gasteiger partial charge in [0.2, 0.25) is 0 Å². The Balaban J connectivity index is 2.27. The first-order valence-corrected chi connectivity index (χ1v) is 7.98. The predicted molar refractivity (Wildman–Crippen MR) is 102 cm³/mol. The summed E-state index contributed by atoms with van der Waals surface area (Å²) >= 11 is 0. The van der Waals surface area contributed by atoms with Crippen LogP contribution in [0, 0.1) is 42.4 Å². The Bertz CT molecular complexity index is 902. The summed E-state index contributed by atoms with van der Waals surface area (Å²) in [6.07, 6.45) is 10.5. The molecule has 0 saturated heterocycles. The normalized spacial score (nSPS) is 15.1. The summed E-state index contributed by atoms with van der Waals surface area (Å²) in [4.78, 5) is 16.8. The van der Waals surface area contributed by atoms with Crippen molar-refractivity contribution < 1.29 is 9.53 Å². The number of benzene rings is 1. The molecule has 0 aliphatic carbocycles. The molecular formula is C21H19N3O2. The maximum Gasteiger partial charge on any atom is 0.252 e. The lowest BCUT2D eigenvalue weighted by Gasteiger charge is -2.10. The van der Waals surface area contributed by atoms with E-state index in [0.29, 0.717) is 17.1 Å². The monoisotopic (exact) mass is 345 g/mol. The lowest BCUT2D eigenvalue weighted by molar-refractivity contribution is -0.117. The Morgan fingerprint density at radius 3 is 2.73 bits per heavy atom. The van der Waals surface area contributed by atoms with E-state index in [1.807, 2.05) is 31.2 Å². The molecule has 0 spiro atoms. The molecular weight excluding hydrogens is 326 g/mol. The van der Waals surface area contributed by atoms with Crippen LogP contribution in [0.2, 0.25) is 0 Å². The van der Waals surface area contributed by atoms with Crippen LogP contribution in [-0.2, 0) is 4.79 Å². The Hall–Kier alpha value is -3.62. The summed E-state index contributed by atoms with van der Waals surface area (Å²) in [7, 11) is 1.60. The highest BCUT2D eigenvalue weighted by Gasteiger charge is 2.30. The van der Waals surface area contributed by atoms with Gasteiger partial charge in [-0.15, -0.1) is 12.8 Å². The van der Waals surface area contributed by atoms with Crippen molar-refractivity contribution in [2.75, 3.05) is 20.2 Å². The zero-order valence-corrected chi connectivity index (χ0v) is 14.7. The van der Waals surface area contributed by atoms with Crippen molar-refractivity contribution in [3.05, 3.63) is 41.2 Å². The molecule has 0 fully saturated rings. The van der Waals surface area contributed by atoms with Gasteiger partial charge in [-0.2, -0.15) is 0 Å². The molecule has 1 amide bonds. The van der Waals surface area contributed by atoms with Crippen molar-refractivity contribution in [3.63, 3.8) is 0 Å². The number of methoxy groups -OCH3 is 1. The summed E-state index contributed by atoms with van der Waals surface area (Å²) in [6, 6.07) is 7.41. The maximum absolute atomic E-state index is 12.4. The first-order valence-electron chi connectivity index (χ1n) is 7.98. The van der Waals surface area contributed by atoms with E-state index in [2.05, 4.69) is 39.3 Å². The fourth-order valence-electron chi connectivity index (χ4n) is 2.39. The fraction of sp³-hybridized carbons (Fsp3) is 0.238. The van der Waals surface area contributed by atoms with Crippen molar-refractivity contribution in [3.8, 4) is 42.3 Å². The molecule has 5 nitrogen and oxygen atoms in total. The Kier molecular flexibility index (Phi) is 6.49. The van der Waals surface area contributed by atoms with Gasteiger partial charge >= 0.3 is 0 Å². The van der Waals surface area contributed by atoms with E-state index < -0.39 is 0 Å². The molecule has 2 N–H and O–H groups in total. The maximum atomic E-state index is 12.4. The van der Waals surface area contributed by atoms with Crippen molar-refractivity contribution in [2.24, 2.45) is 10.9 Å². The number of nitrogens with one attached hydrogen (secondary N) is 2. The van der Waals surface area contributed by atoms with Gasteiger partial charge < -0.3 is 15.4 Å². The van der Waals surface area contributed by atoms with Crippen molar-refractivity contribution in [1.29, 1.82) is 0 Å². The molecule has 1 aromatic carbocycles. The molecule has 2 rings (SSSR count). The van der Waals surface area contributed by atoms with Gasteiger partial charge in [-0.1, -0.05) is 30.8 Å². The van der Waals surface area contributed by atoms with E-state index in [1.54, 1.807) is 7.11 Å². The van der Waals surface area contributed by atoms with Crippen LogP contribution in [0.1, 0.15) is 12.5 Å². The highest BCUT2D eigenvalue weighted by molar-refractivity contribution is 6.12. The van der Waals surface area contributed by atoms with Crippen LogP contribution in [-0.4, -0.2) is 31.8 Å². The number of carbonyl (C=O) groups is 1. The van der Waals surface area contributed by atoms with E-state index in [-0.39, 0.29) is 24.9 Å². The number of aliphatic imine (C=N–C) groups is 1. The zero-order chi connectivity index (χ0) is 18.9. The van der Waals surface area contributed by atoms with Gasteiger partial charge in [0.25, 0.3) is 5.91 Å².